The highest BCUT2D eigenvalue weighted by Crippen LogP contribution is 2.17. The monoisotopic (exact) mass is 1150 g/mol. The smallest absolute Gasteiger partial charge is 0.306 e. The van der Waals surface area contributed by atoms with Gasteiger partial charge in [0.25, 0.3) is 0 Å². The molecule has 6 nitrogen and oxygen atoms in total. The molecule has 0 aliphatic heterocycles. The van der Waals surface area contributed by atoms with Gasteiger partial charge in [-0.3, -0.25) is 14.4 Å². The van der Waals surface area contributed by atoms with Gasteiger partial charge in [0, 0.05) is 19.3 Å². The van der Waals surface area contributed by atoms with E-state index >= 15 is 0 Å². The van der Waals surface area contributed by atoms with Crippen LogP contribution in [0.25, 0.3) is 0 Å². The quantitative estimate of drug-likeness (QED) is 0.0261. The van der Waals surface area contributed by atoms with Crippen molar-refractivity contribution in [3.63, 3.8) is 0 Å². The first-order chi connectivity index (χ1) is 41.0. The van der Waals surface area contributed by atoms with E-state index in [-0.39, 0.29) is 37.5 Å². The minimum absolute atomic E-state index is 0.112. The van der Waals surface area contributed by atoms with E-state index in [4.69, 9.17) is 14.2 Å². The SMILES string of the molecule is CC/C=C\C/C=C\C/C=C\C/C=C\C/C=C\CCCC(=O)OC(COC(=O)CCCCC/C=C\C/C=C\C/C=C\CC)COC(=O)CCCCCCCCCCCCCCCCCCCCCCCC/C=C\C/C=C\C/C=C\C/C=C\CC. The van der Waals surface area contributed by atoms with Crippen LogP contribution >= 0.6 is 0 Å². The molecule has 0 N–H and O–H groups in total. The molecule has 0 rings (SSSR count). The Kier molecular flexibility index (Phi) is 65.8. The molecule has 0 aliphatic carbocycles. The summed E-state index contributed by atoms with van der Waals surface area (Å²) in [4.78, 5) is 38.3. The Morgan fingerprint density at radius 2 is 0.446 bits per heavy atom. The largest absolute Gasteiger partial charge is 0.462 e. The molecule has 0 aromatic carbocycles. The molecule has 0 spiro atoms. The normalized spacial score (nSPS) is 13.0. The maximum atomic E-state index is 12.9. The molecule has 0 amide bonds. The summed E-state index contributed by atoms with van der Waals surface area (Å²) in [5.74, 6) is -0.997. The predicted molar refractivity (Wildman–Crippen MR) is 362 cm³/mol. The van der Waals surface area contributed by atoms with Crippen LogP contribution in [0.5, 0.6) is 0 Å². The number of allylic oxidation sites excluding steroid dienone is 24. The van der Waals surface area contributed by atoms with Gasteiger partial charge in [0.1, 0.15) is 13.2 Å². The third-order valence-corrected chi connectivity index (χ3v) is 14.3. The molecule has 0 bridgehead atoms. The molecule has 0 aromatic rings. The standard InChI is InChI=1S/C77H126O6/c1-4-7-10-13-16-19-22-25-27-29-30-31-32-33-34-35-36-37-38-39-40-41-42-43-44-45-46-48-49-52-55-58-61-64-67-70-76(79)82-73-74(72-81-75(78)69-66-63-60-57-54-51-24-21-18-15-12-9-6-3)83-77(80)71-68-65-62-59-56-53-50-47-28-26-23-20-17-14-11-8-5-2/h7-12,16-21,25-28,30-31,50-51,53-54,59,62,74H,4-6,13-15,22-24,29,32-49,52,55-58,60-61,63-73H2,1-3H3/b10-7-,11-8-,12-9-,19-16-,20-17-,21-18-,27-25-,28-26-,31-30-,53-50-,54-51-,62-59-. The van der Waals surface area contributed by atoms with Crippen LogP contribution in [0, 0.1) is 0 Å². The van der Waals surface area contributed by atoms with Crippen LogP contribution in [0.2, 0.25) is 0 Å². The van der Waals surface area contributed by atoms with Crippen LogP contribution in [0.3, 0.4) is 0 Å². The third kappa shape index (κ3) is 68.0. The summed E-state index contributed by atoms with van der Waals surface area (Å²) in [6.45, 7) is 6.24. The molecule has 83 heavy (non-hydrogen) atoms. The number of esters is 3. The van der Waals surface area contributed by atoms with Gasteiger partial charge in [-0.15, -0.1) is 0 Å². The lowest BCUT2D eigenvalue weighted by Crippen LogP contribution is -2.30. The topological polar surface area (TPSA) is 78.9 Å². The molecule has 6 heteroatoms. The van der Waals surface area contributed by atoms with E-state index in [1.165, 1.54) is 128 Å². The fourth-order valence-corrected chi connectivity index (χ4v) is 9.31. The van der Waals surface area contributed by atoms with E-state index < -0.39 is 6.10 Å². The second kappa shape index (κ2) is 69.8. The van der Waals surface area contributed by atoms with E-state index in [2.05, 4.69) is 167 Å². The lowest BCUT2D eigenvalue weighted by atomic mass is 10.0. The molecule has 0 heterocycles. The van der Waals surface area contributed by atoms with Crippen molar-refractivity contribution in [1.82, 2.24) is 0 Å². The summed E-state index contributed by atoms with van der Waals surface area (Å²) in [5.41, 5.74) is 0. The van der Waals surface area contributed by atoms with Gasteiger partial charge in [-0.1, -0.05) is 301 Å². The Morgan fingerprint density at radius 3 is 0.723 bits per heavy atom. The highest BCUT2D eigenvalue weighted by molar-refractivity contribution is 5.71. The summed E-state index contributed by atoms with van der Waals surface area (Å²) in [5, 5.41) is 0. The maximum Gasteiger partial charge on any atom is 0.306 e. The molecule has 0 aromatic heterocycles. The number of unbranched alkanes of at least 4 members (excludes halogenated alkanes) is 26. The third-order valence-electron chi connectivity index (χ3n) is 14.3. The highest BCUT2D eigenvalue weighted by Gasteiger charge is 2.19. The number of hydrogen-bond donors (Lipinski definition) is 0. The minimum atomic E-state index is -0.824. The van der Waals surface area contributed by atoms with E-state index in [0.29, 0.717) is 19.3 Å². The van der Waals surface area contributed by atoms with Crippen LogP contribution in [0.1, 0.15) is 303 Å². The minimum Gasteiger partial charge on any atom is -0.462 e. The molecule has 470 valence electrons. The van der Waals surface area contributed by atoms with Gasteiger partial charge in [0.05, 0.1) is 0 Å². The van der Waals surface area contributed by atoms with Crippen LogP contribution < -0.4 is 0 Å². The van der Waals surface area contributed by atoms with Gasteiger partial charge < -0.3 is 14.2 Å². The average Bonchev–Trinajstić information content (AvgIpc) is 3.49. The summed E-state index contributed by atoms with van der Waals surface area (Å²) in [7, 11) is 0. The Morgan fingerprint density at radius 1 is 0.241 bits per heavy atom. The zero-order valence-electron chi connectivity index (χ0n) is 53.9. The first-order valence-corrected chi connectivity index (χ1v) is 34.3. The van der Waals surface area contributed by atoms with Gasteiger partial charge in [-0.25, -0.2) is 0 Å². The molecule has 0 saturated carbocycles. The zero-order valence-corrected chi connectivity index (χ0v) is 53.9. The Balaban J connectivity index is 4.19. The average molecular weight is 1150 g/mol. The van der Waals surface area contributed by atoms with E-state index in [1.54, 1.807) is 0 Å². The number of hydrogen-bond acceptors (Lipinski definition) is 6. The first kappa shape index (κ1) is 78.3. The Labute approximate surface area is 512 Å². The van der Waals surface area contributed by atoms with E-state index in [9.17, 15) is 14.4 Å². The molecule has 1 atom stereocenters. The lowest BCUT2D eigenvalue weighted by molar-refractivity contribution is -0.167. The van der Waals surface area contributed by atoms with Crippen LogP contribution in [0.4, 0.5) is 0 Å². The van der Waals surface area contributed by atoms with E-state index in [0.717, 1.165) is 128 Å². The fraction of sp³-hybridized carbons (Fsp3) is 0.649. The lowest BCUT2D eigenvalue weighted by Gasteiger charge is -2.18. The van der Waals surface area contributed by atoms with Crippen molar-refractivity contribution in [3.05, 3.63) is 146 Å². The van der Waals surface area contributed by atoms with Gasteiger partial charge in [0.2, 0.25) is 0 Å². The van der Waals surface area contributed by atoms with Crippen LogP contribution in [-0.4, -0.2) is 37.2 Å². The van der Waals surface area contributed by atoms with Crippen molar-refractivity contribution < 1.29 is 28.6 Å². The Hall–Kier alpha value is -4.71. The molecule has 0 saturated heterocycles. The second-order valence-electron chi connectivity index (χ2n) is 22.3. The van der Waals surface area contributed by atoms with Crippen molar-refractivity contribution in [2.45, 2.75) is 309 Å². The number of rotatable bonds is 61. The summed E-state index contributed by atoms with van der Waals surface area (Å²) in [6, 6.07) is 0. The number of carbonyl (C=O) groups excluding carboxylic acids is 3. The van der Waals surface area contributed by atoms with Crippen molar-refractivity contribution in [3.8, 4) is 0 Å². The molecule has 0 aliphatic rings. The molecule has 0 radical (unpaired) electrons. The van der Waals surface area contributed by atoms with Gasteiger partial charge in [-0.2, -0.15) is 0 Å². The fourth-order valence-electron chi connectivity index (χ4n) is 9.31. The van der Waals surface area contributed by atoms with Crippen molar-refractivity contribution >= 4 is 17.9 Å². The van der Waals surface area contributed by atoms with Crippen LogP contribution in [-0.2, 0) is 28.6 Å². The molecule has 0 fully saturated rings. The van der Waals surface area contributed by atoms with Gasteiger partial charge >= 0.3 is 17.9 Å². The Bertz CT molecular complexity index is 1800. The molecular weight excluding hydrogens is 1020 g/mol. The zero-order chi connectivity index (χ0) is 59.9. The van der Waals surface area contributed by atoms with Gasteiger partial charge in [-0.05, 0) is 128 Å². The first-order valence-electron chi connectivity index (χ1n) is 34.3. The maximum absolute atomic E-state index is 12.9. The van der Waals surface area contributed by atoms with E-state index in [1.807, 2.05) is 0 Å². The summed E-state index contributed by atoms with van der Waals surface area (Å²) in [6.07, 6.45) is 100. The van der Waals surface area contributed by atoms with Crippen molar-refractivity contribution in [1.29, 1.82) is 0 Å². The highest BCUT2D eigenvalue weighted by atomic mass is 16.6. The van der Waals surface area contributed by atoms with Gasteiger partial charge in [0.15, 0.2) is 6.10 Å². The number of carbonyl (C=O) groups is 3. The van der Waals surface area contributed by atoms with Crippen molar-refractivity contribution in [2.24, 2.45) is 0 Å². The van der Waals surface area contributed by atoms with Crippen molar-refractivity contribution in [2.75, 3.05) is 13.2 Å². The second-order valence-corrected chi connectivity index (χ2v) is 22.3. The van der Waals surface area contributed by atoms with Crippen LogP contribution in [0.15, 0.2) is 146 Å². The summed E-state index contributed by atoms with van der Waals surface area (Å²) >= 11 is 0. The molecule has 1 unspecified atom stereocenters. The number of ether oxygens (including phenoxy) is 3. The summed E-state index contributed by atoms with van der Waals surface area (Å²) < 4.78 is 16.8. The molecular formula is C77H126O6. The predicted octanol–water partition coefficient (Wildman–Crippen LogP) is 23.9.